The van der Waals surface area contributed by atoms with Gasteiger partial charge in [-0.05, 0) is 56.7 Å². The molecule has 0 spiro atoms. The predicted octanol–water partition coefficient (Wildman–Crippen LogP) is 3.74. The van der Waals surface area contributed by atoms with E-state index in [0.717, 1.165) is 5.56 Å². The molecular weight excluding hydrogens is 422 g/mol. The molecule has 0 fully saturated rings. The third kappa shape index (κ3) is 8.18. The average Bonchev–Trinajstić information content (AvgIpc) is 2.69. The van der Waals surface area contributed by atoms with Crippen molar-refractivity contribution in [2.24, 2.45) is 0 Å². The van der Waals surface area contributed by atoms with E-state index in [2.05, 4.69) is 16.0 Å². The van der Waals surface area contributed by atoms with Crippen LogP contribution in [-0.2, 0) is 16.1 Å². The highest BCUT2D eigenvalue weighted by molar-refractivity contribution is 6.31. The van der Waals surface area contributed by atoms with Crippen LogP contribution in [0.5, 0.6) is 5.75 Å². The summed E-state index contributed by atoms with van der Waals surface area (Å²) >= 11 is 5.97. The minimum atomic E-state index is -0.671. The van der Waals surface area contributed by atoms with Crippen LogP contribution in [0.3, 0.4) is 0 Å². The summed E-state index contributed by atoms with van der Waals surface area (Å²) in [7, 11) is 1.48. The second kappa shape index (κ2) is 10.7. The fourth-order valence-electron chi connectivity index (χ4n) is 2.57. The van der Waals surface area contributed by atoms with Gasteiger partial charge in [0.2, 0.25) is 5.91 Å². The molecule has 0 atom stereocenters. The fraction of sp³-hybridized carbons (Fsp3) is 0.318. The summed E-state index contributed by atoms with van der Waals surface area (Å²) in [5, 5.41) is 8.30. The molecule has 0 unspecified atom stereocenters. The van der Waals surface area contributed by atoms with Crippen LogP contribution in [0.15, 0.2) is 42.5 Å². The van der Waals surface area contributed by atoms with Crippen molar-refractivity contribution in [2.75, 3.05) is 19.0 Å². The number of ether oxygens (including phenoxy) is 2. The molecule has 0 bridgehead atoms. The first-order valence-corrected chi connectivity index (χ1v) is 9.92. The Morgan fingerprint density at radius 1 is 1.03 bits per heavy atom. The zero-order valence-corrected chi connectivity index (χ0v) is 18.6. The third-order valence-corrected chi connectivity index (χ3v) is 4.10. The maximum absolute atomic E-state index is 12.5. The zero-order valence-electron chi connectivity index (χ0n) is 17.9. The number of hydrogen-bond donors (Lipinski definition) is 3. The number of nitrogens with one attached hydrogen (secondary N) is 3. The van der Waals surface area contributed by atoms with Crippen molar-refractivity contribution in [3.05, 3.63) is 58.6 Å². The predicted molar refractivity (Wildman–Crippen MR) is 118 cm³/mol. The lowest BCUT2D eigenvalue weighted by Gasteiger charge is -2.19. The maximum atomic E-state index is 12.5. The number of rotatable bonds is 7. The Morgan fingerprint density at radius 3 is 2.45 bits per heavy atom. The molecule has 0 aromatic heterocycles. The van der Waals surface area contributed by atoms with Crippen LogP contribution < -0.4 is 20.7 Å². The van der Waals surface area contributed by atoms with Crippen molar-refractivity contribution in [3.63, 3.8) is 0 Å². The highest BCUT2D eigenvalue weighted by atomic mass is 35.5. The Kier molecular flexibility index (Phi) is 8.27. The molecule has 0 aliphatic rings. The molecule has 2 aromatic carbocycles. The van der Waals surface area contributed by atoms with Gasteiger partial charge in [-0.2, -0.15) is 0 Å². The molecule has 166 valence electrons. The fourth-order valence-corrected chi connectivity index (χ4v) is 2.74. The smallest absolute Gasteiger partial charge is 0.408 e. The molecule has 3 N–H and O–H groups in total. The van der Waals surface area contributed by atoms with Crippen molar-refractivity contribution in [2.45, 2.75) is 32.9 Å². The number of halogens is 1. The molecule has 0 heterocycles. The Morgan fingerprint density at radius 2 is 1.77 bits per heavy atom. The molecule has 0 radical (unpaired) electrons. The first-order valence-electron chi connectivity index (χ1n) is 9.55. The van der Waals surface area contributed by atoms with Crippen LogP contribution >= 0.6 is 11.6 Å². The monoisotopic (exact) mass is 447 g/mol. The largest absolute Gasteiger partial charge is 0.496 e. The molecule has 0 aliphatic heterocycles. The number of amides is 3. The van der Waals surface area contributed by atoms with Gasteiger partial charge in [0.15, 0.2) is 0 Å². The summed E-state index contributed by atoms with van der Waals surface area (Å²) in [6, 6.07) is 11.8. The van der Waals surface area contributed by atoms with Crippen molar-refractivity contribution >= 4 is 35.2 Å². The maximum Gasteiger partial charge on any atom is 0.408 e. The average molecular weight is 448 g/mol. The van der Waals surface area contributed by atoms with Crippen LogP contribution in [0, 0.1) is 0 Å². The summed E-state index contributed by atoms with van der Waals surface area (Å²) in [6.07, 6.45) is -0.671. The summed E-state index contributed by atoms with van der Waals surface area (Å²) in [6.45, 7) is 5.21. The minimum Gasteiger partial charge on any atom is -0.496 e. The van der Waals surface area contributed by atoms with E-state index in [1.807, 2.05) is 6.07 Å². The van der Waals surface area contributed by atoms with E-state index in [0.29, 0.717) is 22.0 Å². The van der Waals surface area contributed by atoms with E-state index in [-0.39, 0.29) is 19.0 Å². The molecule has 8 nitrogen and oxygen atoms in total. The van der Waals surface area contributed by atoms with E-state index >= 15 is 0 Å². The number of anilines is 1. The van der Waals surface area contributed by atoms with Gasteiger partial charge in [0.1, 0.15) is 17.9 Å². The van der Waals surface area contributed by atoms with E-state index in [9.17, 15) is 14.4 Å². The van der Waals surface area contributed by atoms with Crippen LogP contribution in [0.4, 0.5) is 10.5 Å². The van der Waals surface area contributed by atoms with Gasteiger partial charge in [-0.1, -0.05) is 23.7 Å². The Labute approximate surface area is 186 Å². The van der Waals surface area contributed by atoms with Crippen LogP contribution in [-0.4, -0.2) is 37.2 Å². The van der Waals surface area contributed by atoms with E-state index in [4.69, 9.17) is 21.1 Å². The molecule has 0 saturated carbocycles. The lowest BCUT2D eigenvalue weighted by atomic mass is 10.1. The second-order valence-electron chi connectivity index (χ2n) is 7.63. The zero-order chi connectivity index (χ0) is 23.0. The number of benzene rings is 2. The molecule has 2 aromatic rings. The molecule has 9 heteroatoms. The SMILES string of the molecule is COc1ccc(Cl)cc1C(=O)NCc1cccc(NC(=O)CNC(=O)OC(C)(C)C)c1. The standard InChI is InChI=1S/C22H26ClN3O5/c1-22(2,3)31-21(29)25-13-19(27)26-16-7-5-6-14(10-16)12-24-20(28)17-11-15(23)8-9-18(17)30-4/h5-11H,12-13H2,1-4H3,(H,24,28)(H,25,29)(H,26,27). The number of carbonyl (C=O) groups is 3. The van der Waals surface area contributed by atoms with E-state index in [1.54, 1.807) is 51.1 Å². The second-order valence-corrected chi connectivity index (χ2v) is 8.07. The molecule has 0 aliphatic carbocycles. The van der Waals surface area contributed by atoms with Crippen molar-refractivity contribution < 1.29 is 23.9 Å². The van der Waals surface area contributed by atoms with Gasteiger partial charge in [-0.15, -0.1) is 0 Å². The van der Waals surface area contributed by atoms with Crippen molar-refractivity contribution in [3.8, 4) is 5.75 Å². The van der Waals surface area contributed by atoms with Crippen LogP contribution in [0.25, 0.3) is 0 Å². The van der Waals surface area contributed by atoms with Gasteiger partial charge in [0, 0.05) is 17.3 Å². The van der Waals surface area contributed by atoms with Crippen molar-refractivity contribution in [1.29, 1.82) is 0 Å². The van der Waals surface area contributed by atoms with Crippen molar-refractivity contribution in [1.82, 2.24) is 10.6 Å². The van der Waals surface area contributed by atoms with Gasteiger partial charge < -0.3 is 25.4 Å². The lowest BCUT2D eigenvalue weighted by molar-refractivity contribution is -0.115. The van der Waals surface area contributed by atoms with E-state index < -0.39 is 17.6 Å². The normalized spacial score (nSPS) is 10.7. The Hall–Kier alpha value is -3.26. The molecule has 31 heavy (non-hydrogen) atoms. The molecule has 3 amide bonds. The summed E-state index contributed by atoms with van der Waals surface area (Å²) in [5.41, 5.74) is 0.983. The first kappa shape index (κ1) is 24.0. The molecular formula is C22H26ClN3O5. The number of alkyl carbamates (subject to hydrolysis) is 1. The number of hydrogen-bond acceptors (Lipinski definition) is 5. The minimum absolute atomic E-state index is 0.231. The topological polar surface area (TPSA) is 106 Å². The first-order chi connectivity index (χ1) is 14.6. The van der Waals surface area contributed by atoms with Gasteiger partial charge in [-0.25, -0.2) is 4.79 Å². The third-order valence-electron chi connectivity index (χ3n) is 3.86. The molecule has 0 saturated heterocycles. The quantitative estimate of drug-likeness (QED) is 0.599. The highest BCUT2D eigenvalue weighted by Crippen LogP contribution is 2.22. The van der Waals surface area contributed by atoms with Crippen LogP contribution in [0.2, 0.25) is 5.02 Å². The van der Waals surface area contributed by atoms with Gasteiger partial charge in [0.25, 0.3) is 5.91 Å². The Balaban J connectivity index is 1.90. The van der Waals surface area contributed by atoms with Gasteiger partial charge in [-0.3, -0.25) is 9.59 Å². The van der Waals surface area contributed by atoms with Gasteiger partial charge >= 0.3 is 6.09 Å². The number of methoxy groups -OCH3 is 1. The van der Waals surface area contributed by atoms with E-state index in [1.165, 1.54) is 13.2 Å². The van der Waals surface area contributed by atoms with Crippen LogP contribution in [0.1, 0.15) is 36.7 Å². The summed E-state index contributed by atoms with van der Waals surface area (Å²) < 4.78 is 10.3. The molecule has 2 rings (SSSR count). The Bertz CT molecular complexity index is 956. The summed E-state index contributed by atoms with van der Waals surface area (Å²) in [4.78, 5) is 36.2. The number of carbonyl (C=O) groups excluding carboxylic acids is 3. The highest BCUT2D eigenvalue weighted by Gasteiger charge is 2.17. The lowest BCUT2D eigenvalue weighted by Crippen LogP contribution is -2.37. The van der Waals surface area contributed by atoms with Gasteiger partial charge in [0.05, 0.1) is 12.7 Å². The summed E-state index contributed by atoms with van der Waals surface area (Å²) in [5.74, 6) is -0.327.